The van der Waals surface area contributed by atoms with Gasteiger partial charge < -0.3 is 47.1 Å². The van der Waals surface area contributed by atoms with Gasteiger partial charge in [0.1, 0.15) is 6.29 Å². The topological polar surface area (TPSA) is 194 Å². The highest BCUT2D eigenvalue weighted by molar-refractivity contribution is 5.76. The molecule has 9 N–H and O–H groups in total. The summed E-state index contributed by atoms with van der Waals surface area (Å²) in [6, 6.07) is 0. The lowest BCUT2D eigenvalue weighted by Gasteiger charge is -2.27. The molecule has 0 spiro atoms. The molecule has 31 heavy (non-hydrogen) atoms. The van der Waals surface area contributed by atoms with E-state index in [9.17, 15) is 29.7 Å². The zero-order valence-corrected chi connectivity index (χ0v) is 18.2. The van der Waals surface area contributed by atoms with Crippen LogP contribution in [-0.4, -0.2) is 127 Å². The standard InChI is InChI=1S/C19H40N6O6/c20-12-16(28)14-22-18(30)2-5-24(4-1-10-26)7-8-25(9-11-27)6-3-19(31)23-15-17(29)13-21/h10,16-17,27-29H,1-9,11-15,20-21H2,(H,22,30)(H,23,31). The number of nitrogens with zero attached hydrogens (tertiary/aromatic N) is 2. The van der Waals surface area contributed by atoms with Crippen LogP contribution in [0.1, 0.15) is 19.3 Å². The van der Waals surface area contributed by atoms with Crippen molar-refractivity contribution in [2.45, 2.75) is 31.5 Å². The molecule has 2 amide bonds. The van der Waals surface area contributed by atoms with Crippen molar-refractivity contribution in [3.05, 3.63) is 0 Å². The molecule has 0 aliphatic carbocycles. The van der Waals surface area contributed by atoms with Gasteiger partial charge in [0.05, 0.1) is 18.8 Å². The maximum atomic E-state index is 11.9. The van der Waals surface area contributed by atoms with Crippen LogP contribution >= 0.6 is 0 Å². The minimum Gasteiger partial charge on any atom is -0.395 e. The first kappa shape index (κ1) is 29.3. The highest BCUT2D eigenvalue weighted by Crippen LogP contribution is 1.98. The summed E-state index contributed by atoms with van der Waals surface area (Å²) in [6.45, 7) is 3.10. The van der Waals surface area contributed by atoms with Crippen molar-refractivity contribution in [1.82, 2.24) is 20.4 Å². The Balaban J connectivity index is 4.46. The van der Waals surface area contributed by atoms with Crippen molar-refractivity contribution in [1.29, 1.82) is 0 Å². The van der Waals surface area contributed by atoms with Crippen LogP contribution in [0.3, 0.4) is 0 Å². The minimum atomic E-state index is -0.780. The van der Waals surface area contributed by atoms with Crippen LogP contribution in [0.5, 0.6) is 0 Å². The predicted molar refractivity (Wildman–Crippen MR) is 116 cm³/mol. The molecule has 0 aliphatic rings. The van der Waals surface area contributed by atoms with Crippen LogP contribution in [0.15, 0.2) is 0 Å². The lowest BCUT2D eigenvalue weighted by molar-refractivity contribution is -0.122. The number of aliphatic hydroxyl groups excluding tert-OH is 3. The van der Waals surface area contributed by atoms with Gasteiger partial charge in [0.15, 0.2) is 0 Å². The van der Waals surface area contributed by atoms with E-state index in [2.05, 4.69) is 10.6 Å². The summed E-state index contributed by atoms with van der Waals surface area (Å²) >= 11 is 0. The van der Waals surface area contributed by atoms with Crippen molar-refractivity contribution in [2.75, 3.05) is 72.1 Å². The molecule has 0 radical (unpaired) electrons. The first-order valence-electron chi connectivity index (χ1n) is 10.6. The summed E-state index contributed by atoms with van der Waals surface area (Å²) in [5.41, 5.74) is 10.6. The first-order chi connectivity index (χ1) is 14.9. The molecular weight excluding hydrogens is 408 g/mol. The first-order valence-corrected chi connectivity index (χ1v) is 10.6. The highest BCUT2D eigenvalue weighted by atomic mass is 16.3. The Bertz CT molecular complexity index is 499. The fourth-order valence-electron chi connectivity index (χ4n) is 2.66. The lowest BCUT2D eigenvalue weighted by atomic mass is 10.3. The monoisotopic (exact) mass is 448 g/mol. The van der Waals surface area contributed by atoms with E-state index in [-0.39, 0.29) is 57.4 Å². The molecule has 0 heterocycles. The largest absolute Gasteiger partial charge is 0.395 e. The molecule has 182 valence electrons. The number of hydrogen-bond acceptors (Lipinski definition) is 10. The molecule has 12 heteroatoms. The number of rotatable bonds is 20. The molecule has 2 unspecified atom stereocenters. The maximum Gasteiger partial charge on any atom is 0.221 e. The Morgan fingerprint density at radius 2 is 1.26 bits per heavy atom. The molecule has 12 nitrogen and oxygen atoms in total. The van der Waals surface area contributed by atoms with Gasteiger partial charge in [0, 0.05) is 84.7 Å². The summed E-state index contributed by atoms with van der Waals surface area (Å²) in [5.74, 6) is -0.434. The Labute approximate surface area is 183 Å². The zero-order valence-electron chi connectivity index (χ0n) is 18.2. The van der Waals surface area contributed by atoms with Crippen LogP contribution in [-0.2, 0) is 14.4 Å². The Morgan fingerprint density at radius 3 is 1.65 bits per heavy atom. The molecule has 0 aliphatic heterocycles. The van der Waals surface area contributed by atoms with Gasteiger partial charge in [-0.15, -0.1) is 0 Å². The molecule has 0 bridgehead atoms. The third-order valence-corrected chi connectivity index (χ3v) is 4.64. The van der Waals surface area contributed by atoms with Crippen molar-refractivity contribution >= 4 is 18.1 Å². The lowest BCUT2D eigenvalue weighted by Crippen LogP contribution is -2.41. The molecule has 0 saturated carbocycles. The second-order valence-corrected chi connectivity index (χ2v) is 7.25. The van der Waals surface area contributed by atoms with Gasteiger partial charge >= 0.3 is 0 Å². The Morgan fingerprint density at radius 1 is 0.806 bits per heavy atom. The molecule has 0 aromatic rings. The summed E-state index contributed by atoms with van der Waals surface area (Å²) in [7, 11) is 0. The van der Waals surface area contributed by atoms with E-state index < -0.39 is 12.2 Å². The smallest absolute Gasteiger partial charge is 0.221 e. The summed E-state index contributed by atoms with van der Waals surface area (Å²) in [5, 5.41) is 33.3. The number of hydrogen-bond donors (Lipinski definition) is 7. The normalized spacial score (nSPS) is 13.3. The zero-order chi connectivity index (χ0) is 23.5. The van der Waals surface area contributed by atoms with Crippen molar-refractivity contribution in [3.8, 4) is 0 Å². The van der Waals surface area contributed by atoms with Gasteiger partial charge in [-0.2, -0.15) is 0 Å². The predicted octanol–water partition coefficient (Wildman–Crippen LogP) is -4.18. The third kappa shape index (κ3) is 16.7. The van der Waals surface area contributed by atoms with E-state index in [1.54, 1.807) is 0 Å². The second kappa shape index (κ2) is 19.0. The number of aliphatic hydroxyl groups is 3. The van der Waals surface area contributed by atoms with E-state index in [1.165, 1.54) is 0 Å². The second-order valence-electron chi connectivity index (χ2n) is 7.25. The van der Waals surface area contributed by atoms with Crippen LogP contribution in [0.2, 0.25) is 0 Å². The number of carbonyl (C=O) groups excluding carboxylic acids is 3. The molecule has 0 aromatic carbocycles. The van der Waals surface area contributed by atoms with Crippen molar-refractivity contribution in [3.63, 3.8) is 0 Å². The SMILES string of the molecule is NCC(O)CNC(=O)CCN(CCO)CCN(CCC=O)CCC(=O)NCC(O)CN. The Kier molecular flexibility index (Phi) is 18.0. The van der Waals surface area contributed by atoms with E-state index in [0.29, 0.717) is 45.7 Å². The summed E-state index contributed by atoms with van der Waals surface area (Å²) in [6.07, 6.45) is 0.00686. The average molecular weight is 449 g/mol. The minimum absolute atomic E-state index is 0.0618. The Hall–Kier alpha value is -1.67. The number of aldehydes is 1. The quantitative estimate of drug-likeness (QED) is 0.0898. The highest BCUT2D eigenvalue weighted by Gasteiger charge is 2.13. The number of nitrogens with two attached hydrogens (primary N) is 2. The van der Waals surface area contributed by atoms with E-state index in [1.807, 2.05) is 9.80 Å². The van der Waals surface area contributed by atoms with Gasteiger partial charge in [0.2, 0.25) is 11.8 Å². The molecular formula is C19H40N6O6. The fraction of sp³-hybridized carbons (Fsp3) is 0.842. The van der Waals surface area contributed by atoms with E-state index in [4.69, 9.17) is 11.5 Å². The fourth-order valence-corrected chi connectivity index (χ4v) is 2.66. The molecule has 2 atom stereocenters. The summed E-state index contributed by atoms with van der Waals surface area (Å²) < 4.78 is 0. The van der Waals surface area contributed by atoms with E-state index in [0.717, 1.165) is 6.29 Å². The molecule has 0 aromatic heterocycles. The van der Waals surface area contributed by atoms with Gasteiger partial charge in [-0.05, 0) is 0 Å². The van der Waals surface area contributed by atoms with Gasteiger partial charge in [-0.25, -0.2) is 0 Å². The number of nitrogens with one attached hydrogen (secondary N) is 2. The summed E-state index contributed by atoms with van der Waals surface area (Å²) in [4.78, 5) is 38.4. The number of amides is 2. The van der Waals surface area contributed by atoms with Gasteiger partial charge in [-0.1, -0.05) is 0 Å². The van der Waals surface area contributed by atoms with Crippen LogP contribution in [0.25, 0.3) is 0 Å². The molecule has 0 fully saturated rings. The van der Waals surface area contributed by atoms with Crippen molar-refractivity contribution in [2.24, 2.45) is 11.5 Å². The van der Waals surface area contributed by atoms with Crippen LogP contribution in [0.4, 0.5) is 0 Å². The van der Waals surface area contributed by atoms with Gasteiger partial charge in [0.25, 0.3) is 0 Å². The molecule has 0 saturated heterocycles. The van der Waals surface area contributed by atoms with Crippen LogP contribution < -0.4 is 22.1 Å². The van der Waals surface area contributed by atoms with Crippen LogP contribution in [0, 0.1) is 0 Å². The van der Waals surface area contributed by atoms with Crippen molar-refractivity contribution < 1.29 is 29.7 Å². The third-order valence-electron chi connectivity index (χ3n) is 4.64. The van der Waals surface area contributed by atoms with E-state index >= 15 is 0 Å². The number of carbonyl (C=O) groups is 3. The van der Waals surface area contributed by atoms with Gasteiger partial charge in [-0.3, -0.25) is 14.5 Å². The average Bonchev–Trinajstić information content (AvgIpc) is 2.78. The molecule has 0 rings (SSSR count). The maximum absolute atomic E-state index is 11.9.